The molecule has 0 aliphatic rings. The van der Waals surface area contributed by atoms with Crippen molar-refractivity contribution in [1.29, 1.82) is 0 Å². The summed E-state index contributed by atoms with van der Waals surface area (Å²) in [7, 11) is 1.43. The number of nitrogens with zero attached hydrogens (tertiary/aromatic N) is 2. The Hall–Kier alpha value is -2.63. The lowest BCUT2D eigenvalue weighted by molar-refractivity contribution is 0.386. The maximum Gasteiger partial charge on any atom is 0.272 e. The first kappa shape index (κ1) is 15.3. The van der Waals surface area contributed by atoms with Gasteiger partial charge in [-0.05, 0) is 31.0 Å². The number of hydrogen-bond donors (Lipinski definition) is 1. The average Bonchev–Trinajstić information content (AvgIpc) is 2.83. The summed E-state index contributed by atoms with van der Waals surface area (Å²) in [5.41, 5.74) is 3.79. The molecule has 1 aromatic carbocycles. The maximum absolute atomic E-state index is 13.8. The minimum atomic E-state index is -0.422. The smallest absolute Gasteiger partial charge is 0.272 e. The predicted octanol–water partition coefficient (Wildman–Crippen LogP) is 2.63. The van der Waals surface area contributed by atoms with E-state index in [2.05, 4.69) is 10.1 Å². The number of H-pyrrole nitrogens is 1. The minimum absolute atomic E-state index is 0.165. The molecule has 0 aliphatic heterocycles. The van der Waals surface area contributed by atoms with Crippen molar-refractivity contribution >= 4 is 5.65 Å². The van der Waals surface area contributed by atoms with Gasteiger partial charge in [-0.15, -0.1) is 0 Å². The molecule has 2 aromatic heterocycles. The third-order valence-electron chi connectivity index (χ3n) is 3.93. The second-order valence-electron chi connectivity index (χ2n) is 5.46. The molecule has 0 amide bonds. The van der Waals surface area contributed by atoms with Crippen molar-refractivity contribution < 1.29 is 9.13 Å². The van der Waals surface area contributed by atoms with Crippen LogP contribution < -0.4 is 10.3 Å². The summed E-state index contributed by atoms with van der Waals surface area (Å²) in [4.78, 5) is 16.8. The SMILES string of the molecule is CCc1c(C)[nH]n2c(=O)cc(Cc3ccc(OC)c(F)c3)nc12. The zero-order valence-corrected chi connectivity index (χ0v) is 13.3. The first-order valence-electron chi connectivity index (χ1n) is 7.46. The second-order valence-corrected chi connectivity index (χ2v) is 5.46. The number of aryl methyl sites for hydroxylation is 2. The second kappa shape index (κ2) is 5.87. The average molecular weight is 315 g/mol. The zero-order chi connectivity index (χ0) is 16.6. The third kappa shape index (κ3) is 2.72. The number of halogens is 1. The van der Waals surface area contributed by atoms with Gasteiger partial charge < -0.3 is 4.74 Å². The molecule has 0 spiro atoms. The van der Waals surface area contributed by atoms with E-state index in [9.17, 15) is 9.18 Å². The lowest BCUT2D eigenvalue weighted by Crippen LogP contribution is -2.16. The lowest BCUT2D eigenvalue weighted by Gasteiger charge is -2.05. The van der Waals surface area contributed by atoms with E-state index in [1.807, 2.05) is 13.8 Å². The van der Waals surface area contributed by atoms with Crippen LogP contribution in [0.3, 0.4) is 0 Å². The third-order valence-corrected chi connectivity index (χ3v) is 3.93. The number of aromatic amines is 1. The van der Waals surface area contributed by atoms with Crippen molar-refractivity contribution in [3.63, 3.8) is 0 Å². The highest BCUT2D eigenvalue weighted by Crippen LogP contribution is 2.19. The quantitative estimate of drug-likeness (QED) is 0.805. The Morgan fingerprint density at radius 2 is 2.13 bits per heavy atom. The van der Waals surface area contributed by atoms with Gasteiger partial charge in [0.1, 0.15) is 0 Å². The van der Waals surface area contributed by atoms with Crippen LogP contribution in [0.4, 0.5) is 4.39 Å². The molecule has 0 radical (unpaired) electrons. The van der Waals surface area contributed by atoms with Crippen molar-refractivity contribution in [2.45, 2.75) is 26.7 Å². The van der Waals surface area contributed by atoms with E-state index in [-0.39, 0.29) is 11.3 Å². The van der Waals surface area contributed by atoms with Crippen LogP contribution in [0.5, 0.6) is 5.75 Å². The molecule has 0 bridgehead atoms. The lowest BCUT2D eigenvalue weighted by atomic mass is 10.1. The standard InChI is InChI=1S/C17H18FN3O2/c1-4-13-10(2)20-21-16(22)9-12(19-17(13)21)7-11-5-6-15(23-3)14(18)8-11/h5-6,8-9,20H,4,7H2,1-3H3. The van der Waals surface area contributed by atoms with E-state index in [1.54, 1.807) is 12.1 Å². The van der Waals surface area contributed by atoms with Crippen LogP contribution in [0, 0.1) is 12.7 Å². The van der Waals surface area contributed by atoms with E-state index >= 15 is 0 Å². The molecule has 0 atom stereocenters. The molecule has 1 N–H and O–H groups in total. The Morgan fingerprint density at radius 1 is 1.35 bits per heavy atom. The molecule has 2 heterocycles. The van der Waals surface area contributed by atoms with Gasteiger partial charge in [0.2, 0.25) is 0 Å². The van der Waals surface area contributed by atoms with E-state index in [0.717, 1.165) is 23.2 Å². The van der Waals surface area contributed by atoms with E-state index < -0.39 is 5.82 Å². The summed E-state index contributed by atoms with van der Waals surface area (Å²) in [6.07, 6.45) is 1.17. The van der Waals surface area contributed by atoms with Gasteiger partial charge >= 0.3 is 0 Å². The summed E-state index contributed by atoms with van der Waals surface area (Å²) in [5, 5.41) is 3.03. The predicted molar refractivity (Wildman–Crippen MR) is 85.7 cm³/mol. The fraction of sp³-hybridized carbons (Fsp3) is 0.294. The number of hydrogen-bond acceptors (Lipinski definition) is 3. The Morgan fingerprint density at radius 3 is 2.78 bits per heavy atom. The van der Waals surface area contributed by atoms with Gasteiger partial charge in [-0.1, -0.05) is 13.0 Å². The fourth-order valence-electron chi connectivity index (χ4n) is 2.79. The number of aromatic nitrogens is 3. The van der Waals surface area contributed by atoms with Crippen LogP contribution in [0.25, 0.3) is 5.65 Å². The highest BCUT2D eigenvalue weighted by Gasteiger charge is 2.12. The van der Waals surface area contributed by atoms with Gasteiger partial charge in [0.25, 0.3) is 5.56 Å². The van der Waals surface area contributed by atoms with Crippen molar-refractivity contribution in [3.05, 3.63) is 63.0 Å². The summed E-state index contributed by atoms with van der Waals surface area (Å²) in [6.45, 7) is 3.94. The molecule has 3 rings (SSSR count). The van der Waals surface area contributed by atoms with Gasteiger partial charge in [-0.25, -0.2) is 13.9 Å². The maximum atomic E-state index is 13.8. The summed E-state index contributed by atoms with van der Waals surface area (Å²) < 4.78 is 20.2. The monoisotopic (exact) mass is 315 g/mol. The molecule has 0 unspecified atom stereocenters. The highest BCUT2D eigenvalue weighted by atomic mass is 19.1. The molecule has 120 valence electrons. The van der Waals surface area contributed by atoms with Crippen LogP contribution in [-0.2, 0) is 12.8 Å². The Labute approximate surface area is 132 Å². The molecule has 6 heteroatoms. The van der Waals surface area contributed by atoms with E-state index in [1.165, 1.54) is 23.8 Å². The Kier molecular flexibility index (Phi) is 3.90. The number of nitrogens with one attached hydrogen (secondary N) is 1. The molecule has 0 aliphatic carbocycles. The molecule has 0 fully saturated rings. The number of methoxy groups -OCH3 is 1. The molecule has 3 aromatic rings. The van der Waals surface area contributed by atoms with Crippen LogP contribution in [0.15, 0.2) is 29.1 Å². The fourth-order valence-corrected chi connectivity index (χ4v) is 2.79. The topological polar surface area (TPSA) is 59.4 Å². The van der Waals surface area contributed by atoms with E-state index in [4.69, 9.17) is 4.74 Å². The summed E-state index contributed by atoms with van der Waals surface area (Å²) in [6, 6.07) is 6.23. The number of benzene rings is 1. The normalized spacial score (nSPS) is 11.1. The largest absolute Gasteiger partial charge is 0.494 e. The molecule has 23 heavy (non-hydrogen) atoms. The van der Waals surface area contributed by atoms with Crippen molar-refractivity contribution in [3.8, 4) is 5.75 Å². The molecule has 0 saturated carbocycles. The summed E-state index contributed by atoms with van der Waals surface area (Å²) >= 11 is 0. The van der Waals surface area contributed by atoms with Gasteiger partial charge in [0.15, 0.2) is 17.2 Å². The van der Waals surface area contributed by atoms with Gasteiger partial charge in [0.05, 0.1) is 12.8 Å². The highest BCUT2D eigenvalue weighted by molar-refractivity contribution is 5.50. The Bertz CT molecular complexity index is 927. The van der Waals surface area contributed by atoms with Crippen molar-refractivity contribution in [2.24, 2.45) is 0 Å². The van der Waals surface area contributed by atoms with Crippen LogP contribution in [-0.4, -0.2) is 21.7 Å². The molecular weight excluding hydrogens is 297 g/mol. The zero-order valence-electron chi connectivity index (χ0n) is 13.3. The summed E-state index contributed by atoms with van der Waals surface area (Å²) in [5.74, 6) is -0.221. The van der Waals surface area contributed by atoms with Crippen LogP contribution >= 0.6 is 0 Å². The number of rotatable bonds is 4. The number of ether oxygens (including phenoxy) is 1. The van der Waals surface area contributed by atoms with Gasteiger partial charge in [-0.3, -0.25) is 9.89 Å². The van der Waals surface area contributed by atoms with Crippen molar-refractivity contribution in [1.82, 2.24) is 14.6 Å². The van der Waals surface area contributed by atoms with Gasteiger partial charge in [-0.2, -0.15) is 0 Å². The molecular formula is C17H18FN3O2. The molecule has 0 saturated heterocycles. The van der Waals surface area contributed by atoms with Crippen LogP contribution in [0.1, 0.15) is 29.4 Å². The first-order valence-corrected chi connectivity index (χ1v) is 7.46. The minimum Gasteiger partial charge on any atom is -0.494 e. The van der Waals surface area contributed by atoms with Crippen LogP contribution in [0.2, 0.25) is 0 Å². The van der Waals surface area contributed by atoms with E-state index in [0.29, 0.717) is 17.8 Å². The van der Waals surface area contributed by atoms with Crippen molar-refractivity contribution in [2.75, 3.05) is 7.11 Å². The molecule has 5 nitrogen and oxygen atoms in total. The Balaban J connectivity index is 2.03. The number of fused-ring (bicyclic) bond motifs is 1. The first-order chi connectivity index (χ1) is 11.0. The van der Waals surface area contributed by atoms with Gasteiger partial charge in [0, 0.05) is 23.7 Å².